The van der Waals surface area contributed by atoms with E-state index in [-0.39, 0.29) is 17.9 Å². The minimum atomic E-state index is -1.18. The molecule has 6 atom stereocenters. The fourth-order valence-corrected chi connectivity index (χ4v) is 2.09. The summed E-state index contributed by atoms with van der Waals surface area (Å²) in [5.41, 5.74) is 25.6. The quantitative estimate of drug-likeness (QED) is 0.0876. The van der Waals surface area contributed by atoms with Gasteiger partial charge in [0, 0.05) is 0 Å². The van der Waals surface area contributed by atoms with Gasteiger partial charge in [0.2, 0.25) is 0 Å². The Kier molecular flexibility index (Phi) is 28.6. The summed E-state index contributed by atoms with van der Waals surface area (Å²) in [7, 11) is 0. The molecule has 0 amide bonds. The molecule has 1 rings (SSSR count). The second-order valence-electron chi connectivity index (χ2n) is 10.1. The average molecular weight is 629 g/mol. The van der Waals surface area contributed by atoms with Crippen LogP contribution in [0.2, 0.25) is 0 Å². The number of rotatable bonds is 10. The monoisotopic (exact) mass is 628 g/mol. The van der Waals surface area contributed by atoms with Crippen molar-refractivity contribution in [2.75, 3.05) is 13.2 Å². The van der Waals surface area contributed by atoms with Crippen LogP contribution >= 0.6 is 0 Å². The Bertz CT molecular complexity index is 816. The van der Waals surface area contributed by atoms with Gasteiger partial charge in [-0.25, -0.2) is 9.59 Å². The third-order valence-corrected chi connectivity index (χ3v) is 4.87. The van der Waals surface area contributed by atoms with Gasteiger partial charge in [-0.2, -0.15) is 0 Å². The minimum Gasteiger partial charge on any atom is -0.480 e. The highest BCUT2D eigenvalue weighted by molar-refractivity contribution is 5.90. The van der Waals surface area contributed by atoms with Crippen molar-refractivity contribution >= 4 is 35.8 Å². The molecule has 1 heterocycles. The van der Waals surface area contributed by atoms with Crippen molar-refractivity contribution in [3.8, 4) is 0 Å². The molecule has 18 nitrogen and oxygen atoms in total. The van der Waals surface area contributed by atoms with Crippen LogP contribution in [-0.4, -0.2) is 111 Å². The molecule has 0 saturated carbocycles. The molecule has 1 saturated heterocycles. The van der Waals surface area contributed by atoms with E-state index in [1.165, 1.54) is 13.8 Å². The molecule has 0 radical (unpaired) electrons. The second-order valence-corrected chi connectivity index (χ2v) is 10.1. The van der Waals surface area contributed by atoms with E-state index in [2.05, 4.69) is 10.1 Å². The number of hydrogen-bond acceptors (Lipinski definition) is 14. The highest BCUT2D eigenvalue weighted by Gasteiger charge is 2.25. The lowest BCUT2D eigenvalue weighted by molar-refractivity contribution is -0.162. The van der Waals surface area contributed by atoms with E-state index in [0.717, 1.165) is 19.4 Å². The van der Waals surface area contributed by atoms with Gasteiger partial charge in [-0.3, -0.25) is 19.2 Å². The lowest BCUT2D eigenvalue weighted by Crippen LogP contribution is -2.42. The first-order chi connectivity index (χ1) is 19.5. The predicted octanol–water partition coefficient (Wildman–Crippen LogP) is -2.54. The van der Waals surface area contributed by atoms with E-state index in [4.69, 9.17) is 54.2 Å². The van der Waals surface area contributed by atoms with Gasteiger partial charge in [0.25, 0.3) is 0 Å². The molecule has 16 N–H and O–H groups in total. The Labute approximate surface area is 251 Å². The van der Waals surface area contributed by atoms with E-state index >= 15 is 0 Å². The Morgan fingerprint density at radius 2 is 1.16 bits per heavy atom. The van der Waals surface area contributed by atoms with Gasteiger partial charge >= 0.3 is 35.8 Å². The van der Waals surface area contributed by atoms with Gasteiger partial charge < -0.3 is 64.3 Å². The van der Waals surface area contributed by atoms with E-state index < -0.39 is 72.6 Å². The largest absolute Gasteiger partial charge is 0.480 e. The zero-order valence-corrected chi connectivity index (χ0v) is 25.6. The summed E-state index contributed by atoms with van der Waals surface area (Å²) in [6.07, 6.45) is 2.27. The Morgan fingerprint density at radius 1 is 0.744 bits per heavy atom. The lowest BCUT2D eigenvalue weighted by Gasteiger charge is -2.16. The Balaban J connectivity index is -0.000000238. The first kappa shape index (κ1) is 46.7. The van der Waals surface area contributed by atoms with Gasteiger partial charge in [0.05, 0.1) is 6.61 Å². The maximum absolute atomic E-state index is 11.4. The highest BCUT2D eigenvalue weighted by atomic mass is 16.6. The fraction of sp³-hybridized carbons (Fsp3) is 0.760. The zero-order chi connectivity index (χ0) is 35.0. The number of esters is 2. The zero-order valence-electron chi connectivity index (χ0n) is 25.6. The minimum absolute atomic E-state index is 0.0679. The highest BCUT2D eigenvalue weighted by Crippen LogP contribution is 2.06. The molecule has 0 aliphatic carbocycles. The van der Waals surface area contributed by atoms with Crippen molar-refractivity contribution in [1.82, 2.24) is 5.32 Å². The number of nitrogens with two attached hydrogens (primary N) is 5. The molecule has 1 aliphatic heterocycles. The van der Waals surface area contributed by atoms with Crippen molar-refractivity contribution in [2.24, 2.45) is 40.5 Å². The molecule has 0 aromatic heterocycles. The first-order valence-corrected chi connectivity index (χ1v) is 13.3. The van der Waals surface area contributed by atoms with Crippen LogP contribution < -0.4 is 34.0 Å². The number of aliphatic hydroxyl groups is 1. The Hall–Kier alpha value is -3.26. The number of hydrogen-bond donors (Lipinski definition) is 11. The number of aliphatic carboxylic acids is 4. The SMILES string of the molecule is CC(C)C[C@H](N)C(=O)OC(=O)[C@@H](N)C(C)C.C[C@H](N)C(=O)O.C[C@H](N)C(=O)O.N[C@@H](CO)C(=O)O.O=C(O)[C@@H]1CCCN1. The molecule has 254 valence electrons. The number of nitrogens with one attached hydrogen (secondary N) is 1. The summed E-state index contributed by atoms with van der Waals surface area (Å²) in [5, 5.41) is 42.8. The molecule has 0 spiro atoms. The summed E-state index contributed by atoms with van der Waals surface area (Å²) in [5.74, 6) is -5.03. The molecule has 0 aromatic rings. The van der Waals surface area contributed by atoms with E-state index in [1.807, 2.05) is 13.8 Å². The molecule has 43 heavy (non-hydrogen) atoms. The summed E-state index contributed by atoms with van der Waals surface area (Å²) >= 11 is 0. The smallest absolute Gasteiger partial charge is 0.330 e. The van der Waals surface area contributed by atoms with Crippen LogP contribution in [0.5, 0.6) is 0 Å². The molecule has 1 fully saturated rings. The van der Waals surface area contributed by atoms with Crippen LogP contribution in [0.4, 0.5) is 0 Å². The second kappa shape index (κ2) is 26.4. The van der Waals surface area contributed by atoms with Gasteiger partial charge in [0.15, 0.2) is 0 Å². The van der Waals surface area contributed by atoms with Crippen LogP contribution in [0.25, 0.3) is 0 Å². The van der Waals surface area contributed by atoms with E-state index in [0.29, 0.717) is 6.42 Å². The summed E-state index contributed by atoms with van der Waals surface area (Å²) in [6, 6.07) is -4.40. The summed E-state index contributed by atoms with van der Waals surface area (Å²) in [6.45, 7) is 10.6. The number of carbonyl (C=O) groups excluding carboxylic acids is 2. The van der Waals surface area contributed by atoms with Gasteiger partial charge in [-0.05, 0) is 51.5 Å². The average Bonchev–Trinajstić information content (AvgIpc) is 3.44. The fourth-order valence-electron chi connectivity index (χ4n) is 2.09. The van der Waals surface area contributed by atoms with Gasteiger partial charge in [-0.15, -0.1) is 0 Å². The third kappa shape index (κ3) is 30.0. The standard InChI is InChI=1S/C11H22N2O3.C5H9NO2.C3H7NO3.2C3H7NO2/c1-6(2)5-8(12)10(14)16-11(15)9(13)7(3)4;7-5(8)4-2-1-3-6-4;4-2(1-5)3(6)7;2*1-2(4)3(5)6/h6-9H,5,12-13H2,1-4H3;4,6H,1-3H2,(H,7,8);2,5H,1,4H2,(H,6,7);2*2H,4H2,1H3,(H,5,6)/t8-,9-;4-;3*2-/m00000/s1. The van der Waals surface area contributed by atoms with Crippen LogP contribution in [0.15, 0.2) is 0 Å². The molecular formula is C25H52N6O12. The molecule has 0 aromatic carbocycles. The van der Waals surface area contributed by atoms with Crippen molar-refractivity contribution in [1.29, 1.82) is 0 Å². The van der Waals surface area contributed by atoms with Crippen molar-refractivity contribution < 1.29 is 59.0 Å². The lowest BCUT2D eigenvalue weighted by atomic mass is 10.0. The van der Waals surface area contributed by atoms with Crippen LogP contribution in [-0.2, 0) is 33.5 Å². The number of ether oxygens (including phenoxy) is 1. The van der Waals surface area contributed by atoms with E-state index in [9.17, 15) is 28.8 Å². The summed E-state index contributed by atoms with van der Waals surface area (Å²) < 4.78 is 4.61. The number of carbonyl (C=O) groups is 6. The maximum Gasteiger partial charge on any atom is 0.330 e. The predicted molar refractivity (Wildman–Crippen MR) is 155 cm³/mol. The number of carboxylic acids is 4. The maximum atomic E-state index is 11.4. The molecule has 0 unspecified atom stereocenters. The van der Waals surface area contributed by atoms with Crippen molar-refractivity contribution in [2.45, 2.75) is 97.1 Å². The normalized spacial score (nSPS) is 16.8. The number of aliphatic hydroxyl groups excluding tert-OH is 1. The Morgan fingerprint density at radius 3 is 1.35 bits per heavy atom. The molecule has 18 heteroatoms. The summed E-state index contributed by atoms with van der Waals surface area (Å²) in [4.78, 5) is 61.7. The van der Waals surface area contributed by atoms with Crippen LogP contribution in [0.3, 0.4) is 0 Å². The van der Waals surface area contributed by atoms with Crippen molar-refractivity contribution in [3.05, 3.63) is 0 Å². The van der Waals surface area contributed by atoms with Gasteiger partial charge in [-0.1, -0.05) is 27.7 Å². The van der Waals surface area contributed by atoms with Crippen LogP contribution in [0, 0.1) is 11.8 Å². The third-order valence-electron chi connectivity index (χ3n) is 4.87. The molecular weight excluding hydrogens is 576 g/mol. The van der Waals surface area contributed by atoms with Crippen molar-refractivity contribution in [3.63, 3.8) is 0 Å². The molecule has 1 aliphatic rings. The van der Waals surface area contributed by atoms with E-state index in [1.54, 1.807) is 13.8 Å². The van der Waals surface area contributed by atoms with Gasteiger partial charge in [0.1, 0.15) is 36.3 Å². The first-order valence-electron chi connectivity index (χ1n) is 13.3. The topological polar surface area (TPSA) is 355 Å². The number of carboxylic acid groups (broad SMARTS) is 4. The molecule has 0 bridgehead atoms. The van der Waals surface area contributed by atoms with Crippen LogP contribution in [0.1, 0.15) is 60.8 Å².